The number of carbonyl (C=O) groups is 7. The van der Waals surface area contributed by atoms with E-state index in [1.807, 2.05) is 0 Å². The second kappa shape index (κ2) is 18.6. The van der Waals surface area contributed by atoms with E-state index in [0.29, 0.717) is 5.56 Å². The zero-order valence-corrected chi connectivity index (χ0v) is 30.0. The van der Waals surface area contributed by atoms with Crippen molar-refractivity contribution in [1.29, 1.82) is 0 Å². The fraction of sp³-hybridized carbons (Fsp3) is 0.229. The topological polar surface area (TPSA) is 230 Å². The summed E-state index contributed by atoms with van der Waals surface area (Å²) in [6.07, 6.45) is 0. The molecule has 17 nitrogen and oxygen atoms in total. The number of hydrogen-bond donors (Lipinski definition) is 2. The molecule has 0 aromatic heterocycles. The first kappa shape index (κ1) is 40.8. The van der Waals surface area contributed by atoms with Crippen LogP contribution in [-0.4, -0.2) is 81.8 Å². The molecule has 0 bridgehead atoms. The number of anilines is 2. The number of halogens is 1. The van der Waals surface area contributed by atoms with E-state index < -0.39 is 53.4 Å². The van der Waals surface area contributed by atoms with Gasteiger partial charge in [0, 0.05) is 11.3 Å². The van der Waals surface area contributed by atoms with Gasteiger partial charge in [-0.3, -0.25) is 19.2 Å². The van der Waals surface area contributed by atoms with E-state index in [0.717, 1.165) is 28.1 Å². The molecule has 0 aliphatic rings. The lowest BCUT2D eigenvalue weighted by Gasteiger charge is -2.14. The number of esters is 3. The molecule has 2 unspecified atom stereocenters. The van der Waals surface area contributed by atoms with Gasteiger partial charge in [-0.1, -0.05) is 24.2 Å². The number of methoxy groups -OCH3 is 4. The maximum atomic E-state index is 13.1. The average Bonchev–Trinajstić information content (AvgIpc) is 3.14. The highest BCUT2D eigenvalue weighted by atomic mass is 35.5. The molecule has 0 spiro atoms. The van der Waals surface area contributed by atoms with Gasteiger partial charge in [0.2, 0.25) is 12.1 Å². The highest BCUT2D eigenvalue weighted by molar-refractivity contribution is 6.34. The number of nitrogens with zero attached hydrogens (tertiary/aromatic N) is 4. The number of ketones is 2. The van der Waals surface area contributed by atoms with E-state index in [9.17, 15) is 33.6 Å². The summed E-state index contributed by atoms with van der Waals surface area (Å²) in [6, 6.07) is 8.62. The number of carbonyl (C=O) groups excluding carboxylic acids is 7. The van der Waals surface area contributed by atoms with Gasteiger partial charge < -0.3 is 29.6 Å². The lowest BCUT2D eigenvalue weighted by Crippen LogP contribution is -2.32. The normalized spacial score (nSPS) is 12.0. The lowest BCUT2D eigenvalue weighted by atomic mass is 10.1. The molecule has 53 heavy (non-hydrogen) atoms. The number of amides is 2. The van der Waals surface area contributed by atoms with Crippen LogP contribution in [0, 0.1) is 0 Å². The van der Waals surface area contributed by atoms with Crippen LogP contribution in [0.15, 0.2) is 81.6 Å². The molecule has 2 amide bonds. The van der Waals surface area contributed by atoms with Crippen molar-refractivity contribution in [3.63, 3.8) is 0 Å². The third-order valence-corrected chi connectivity index (χ3v) is 7.43. The molecule has 0 fully saturated rings. The average molecular weight is 749 g/mol. The molecule has 3 rings (SSSR count). The summed E-state index contributed by atoms with van der Waals surface area (Å²) in [4.78, 5) is 87.6. The van der Waals surface area contributed by atoms with Crippen LogP contribution in [0.5, 0.6) is 0 Å². The minimum atomic E-state index is -1.70. The first-order chi connectivity index (χ1) is 25.1. The minimum Gasteiger partial charge on any atom is -0.497 e. The van der Waals surface area contributed by atoms with Crippen LogP contribution in [0.4, 0.5) is 22.7 Å². The lowest BCUT2D eigenvalue weighted by molar-refractivity contribution is -0.127. The van der Waals surface area contributed by atoms with E-state index in [2.05, 4.69) is 42.4 Å². The molecule has 3 aromatic carbocycles. The molecular formula is C35H33ClN6O11. The van der Waals surface area contributed by atoms with Crippen LogP contribution < -0.4 is 10.6 Å². The van der Waals surface area contributed by atoms with Gasteiger partial charge in [-0.25, -0.2) is 14.4 Å². The summed E-state index contributed by atoms with van der Waals surface area (Å²) >= 11 is 6.38. The number of hydrogen-bond acceptors (Lipinski definition) is 15. The SMILES string of the molecule is C=C(OC)c1ccc(C(=O)OC)c(/N=N/C(C(C)=O)C(=O)Nc2ccc(NC(=O)C(/N=N/c3cc(C(=O)OC)ccc3C(=O)OC)C(C)=O)cc2Cl)c1. The van der Waals surface area contributed by atoms with Crippen LogP contribution in [0.25, 0.3) is 5.76 Å². The van der Waals surface area contributed by atoms with Gasteiger partial charge in [0.15, 0.2) is 11.6 Å². The fourth-order valence-corrected chi connectivity index (χ4v) is 4.54. The Morgan fingerprint density at radius 1 is 0.623 bits per heavy atom. The third-order valence-electron chi connectivity index (χ3n) is 7.12. The first-order valence-electron chi connectivity index (χ1n) is 15.2. The van der Waals surface area contributed by atoms with Crippen molar-refractivity contribution in [2.24, 2.45) is 20.5 Å². The van der Waals surface area contributed by atoms with Gasteiger partial charge in [-0.05, 0) is 62.4 Å². The molecule has 0 aliphatic carbocycles. The van der Waals surface area contributed by atoms with Crippen molar-refractivity contribution >= 4 is 81.4 Å². The summed E-state index contributed by atoms with van der Waals surface area (Å²) in [6.45, 7) is 5.95. The van der Waals surface area contributed by atoms with Gasteiger partial charge >= 0.3 is 17.9 Å². The van der Waals surface area contributed by atoms with Crippen LogP contribution in [0.1, 0.15) is 50.5 Å². The fourth-order valence-electron chi connectivity index (χ4n) is 4.31. The highest BCUT2D eigenvalue weighted by Gasteiger charge is 2.27. The predicted molar refractivity (Wildman–Crippen MR) is 190 cm³/mol. The van der Waals surface area contributed by atoms with Crippen LogP contribution in [0.2, 0.25) is 5.02 Å². The molecule has 0 aliphatic heterocycles. The van der Waals surface area contributed by atoms with Gasteiger partial charge in [-0.2, -0.15) is 20.5 Å². The summed E-state index contributed by atoms with van der Waals surface area (Å²) in [5.41, 5.74) is 0.285. The summed E-state index contributed by atoms with van der Waals surface area (Å²) in [5, 5.41) is 20.4. The number of nitrogens with one attached hydrogen (secondary N) is 2. The van der Waals surface area contributed by atoms with Crippen LogP contribution in [-0.2, 0) is 38.1 Å². The van der Waals surface area contributed by atoms with Crippen molar-refractivity contribution < 1.29 is 52.5 Å². The molecule has 0 saturated carbocycles. The van der Waals surface area contributed by atoms with E-state index in [4.69, 9.17) is 25.8 Å². The summed E-state index contributed by atoms with van der Waals surface area (Å²) in [7, 11) is 4.85. The molecule has 2 N–H and O–H groups in total. The molecule has 0 radical (unpaired) electrons. The molecule has 0 saturated heterocycles. The standard InChI is InChI=1S/C35H33ClN6O11/c1-17(43)29(41-40-28-15-21(33(47)51-5)9-12-24(28)35(49)53-7)31(45)37-22-10-13-26(25(36)16-22)38-32(46)30(18(2)44)42-39-27-14-20(19(3)50-4)8-11-23(27)34(48)52-6/h8-16,29-30H,3H2,1-2,4-7H3,(H,37,45)(H,38,46)/b41-40+,42-39+. The number of Topliss-reactive ketones (excluding diaryl/α,β-unsaturated/α-hetero) is 2. The summed E-state index contributed by atoms with van der Waals surface area (Å²) < 4.78 is 19.3. The van der Waals surface area contributed by atoms with Gasteiger partial charge in [0.25, 0.3) is 11.8 Å². The Morgan fingerprint density at radius 2 is 1.09 bits per heavy atom. The molecule has 0 heterocycles. The largest absolute Gasteiger partial charge is 0.497 e. The van der Waals surface area contributed by atoms with Gasteiger partial charge in [0.05, 0.1) is 55.8 Å². The Bertz CT molecular complexity index is 2050. The highest BCUT2D eigenvalue weighted by Crippen LogP contribution is 2.29. The smallest absolute Gasteiger partial charge is 0.340 e. The zero-order chi connectivity index (χ0) is 39.4. The van der Waals surface area contributed by atoms with Crippen molar-refractivity contribution in [2.75, 3.05) is 39.1 Å². The van der Waals surface area contributed by atoms with Crippen molar-refractivity contribution in [3.8, 4) is 0 Å². The maximum absolute atomic E-state index is 13.1. The van der Waals surface area contributed by atoms with E-state index in [1.54, 1.807) is 6.07 Å². The summed E-state index contributed by atoms with van der Waals surface area (Å²) in [5.74, 6) is -5.30. The Hall–Kier alpha value is -6.62. The molecule has 276 valence electrons. The van der Waals surface area contributed by atoms with Crippen LogP contribution in [0.3, 0.4) is 0 Å². The molecule has 18 heteroatoms. The Labute approximate surface area is 307 Å². The number of benzene rings is 3. The Kier molecular flexibility index (Phi) is 14.3. The second-order valence-electron chi connectivity index (χ2n) is 10.7. The molecule has 3 aromatic rings. The van der Waals surface area contributed by atoms with Crippen molar-refractivity contribution in [1.82, 2.24) is 0 Å². The zero-order valence-electron chi connectivity index (χ0n) is 29.2. The van der Waals surface area contributed by atoms with Gasteiger partial charge in [0.1, 0.15) is 17.1 Å². The Morgan fingerprint density at radius 3 is 1.55 bits per heavy atom. The molecular weight excluding hydrogens is 716 g/mol. The maximum Gasteiger partial charge on any atom is 0.340 e. The van der Waals surface area contributed by atoms with E-state index in [-0.39, 0.29) is 50.2 Å². The van der Waals surface area contributed by atoms with Crippen molar-refractivity contribution in [2.45, 2.75) is 25.9 Å². The Balaban J connectivity index is 1.82. The second-order valence-corrected chi connectivity index (χ2v) is 11.1. The van der Waals surface area contributed by atoms with E-state index >= 15 is 0 Å². The molecule has 2 atom stereocenters. The monoisotopic (exact) mass is 748 g/mol. The van der Waals surface area contributed by atoms with Gasteiger partial charge in [-0.15, -0.1) is 0 Å². The number of azo groups is 2. The third kappa shape index (κ3) is 10.5. The minimum absolute atomic E-state index is 0.000472. The van der Waals surface area contributed by atoms with Crippen LogP contribution >= 0.6 is 11.6 Å². The number of rotatable bonds is 15. The van der Waals surface area contributed by atoms with Crippen molar-refractivity contribution in [3.05, 3.63) is 88.5 Å². The number of ether oxygens (including phenoxy) is 4. The van der Waals surface area contributed by atoms with E-state index in [1.165, 1.54) is 62.8 Å². The first-order valence-corrected chi connectivity index (χ1v) is 15.5. The quantitative estimate of drug-likeness (QED) is 0.0631. The predicted octanol–water partition coefficient (Wildman–Crippen LogP) is 5.68.